The number of likely N-dealkylation sites (N-methyl/N-ethyl adjacent to an activating group) is 1. The third kappa shape index (κ3) is 2.07. The summed E-state index contributed by atoms with van der Waals surface area (Å²) >= 11 is 0. The van der Waals surface area contributed by atoms with Crippen molar-refractivity contribution in [3.8, 4) is 0 Å². The Hall–Kier alpha value is -2.64. The molecule has 0 aromatic heterocycles. The minimum atomic E-state index is -1.04. The molecule has 0 saturated carbocycles. The molecule has 0 bridgehead atoms. The number of halogens is 1. The third-order valence-electron chi connectivity index (χ3n) is 3.77. The Morgan fingerprint density at radius 3 is 2.82 bits per heavy atom. The number of anilines is 2. The van der Waals surface area contributed by atoms with E-state index in [1.807, 2.05) is 0 Å². The highest BCUT2D eigenvalue weighted by molar-refractivity contribution is 6.02. The Morgan fingerprint density at radius 1 is 1.41 bits per heavy atom. The van der Waals surface area contributed by atoms with Crippen LogP contribution in [-0.4, -0.2) is 44.8 Å². The molecule has 1 aromatic rings. The zero-order valence-electron chi connectivity index (χ0n) is 12.0. The van der Waals surface area contributed by atoms with Crippen molar-refractivity contribution in [3.63, 3.8) is 0 Å². The molecule has 2 heterocycles. The van der Waals surface area contributed by atoms with Crippen molar-refractivity contribution in [2.45, 2.75) is 12.5 Å². The molecule has 1 fully saturated rings. The van der Waals surface area contributed by atoms with Crippen LogP contribution < -0.4 is 9.80 Å². The number of hydrogen-bond donors (Lipinski definition) is 0. The van der Waals surface area contributed by atoms with Gasteiger partial charge in [0, 0.05) is 7.05 Å². The number of amides is 2. The van der Waals surface area contributed by atoms with Gasteiger partial charge in [-0.2, -0.15) is 0 Å². The molecule has 22 heavy (non-hydrogen) atoms. The molecular weight excluding hydrogens is 295 g/mol. The lowest BCUT2D eigenvalue weighted by molar-refractivity contribution is -0.148. The van der Waals surface area contributed by atoms with Gasteiger partial charge in [0.15, 0.2) is 0 Å². The summed E-state index contributed by atoms with van der Waals surface area (Å²) in [6.45, 7) is -0.0620. The quantitative estimate of drug-likeness (QED) is 0.757. The number of cyclic esters (lactones) is 1. The Labute approximate surface area is 125 Å². The van der Waals surface area contributed by atoms with E-state index in [1.165, 1.54) is 19.1 Å². The maximum atomic E-state index is 14.2. The number of rotatable bonds is 2. The normalized spacial score (nSPS) is 20.2. The van der Waals surface area contributed by atoms with Gasteiger partial charge in [-0.05, 0) is 17.7 Å². The molecule has 1 aromatic carbocycles. The van der Waals surface area contributed by atoms with Crippen LogP contribution in [0.4, 0.5) is 20.6 Å². The van der Waals surface area contributed by atoms with Gasteiger partial charge in [-0.25, -0.2) is 14.0 Å². The van der Waals surface area contributed by atoms with Gasteiger partial charge in [-0.3, -0.25) is 9.69 Å². The highest BCUT2D eigenvalue weighted by Gasteiger charge is 2.39. The molecule has 2 aliphatic rings. The van der Waals surface area contributed by atoms with Crippen LogP contribution in [0.15, 0.2) is 12.1 Å². The summed E-state index contributed by atoms with van der Waals surface area (Å²) in [7, 11) is 2.68. The fraction of sp³-hybridized carbons (Fsp3) is 0.357. The average molecular weight is 308 g/mol. The highest BCUT2D eigenvalue weighted by Crippen LogP contribution is 2.35. The summed E-state index contributed by atoms with van der Waals surface area (Å²) < 4.78 is 23.6. The molecule has 2 amide bonds. The van der Waals surface area contributed by atoms with E-state index in [0.717, 1.165) is 11.0 Å². The van der Waals surface area contributed by atoms with Crippen LogP contribution in [0.2, 0.25) is 0 Å². The van der Waals surface area contributed by atoms with E-state index in [-0.39, 0.29) is 30.2 Å². The minimum absolute atomic E-state index is 0.0620. The second-order valence-corrected chi connectivity index (χ2v) is 5.07. The number of nitrogens with zero attached hydrogens (tertiary/aromatic N) is 2. The number of hydrogen-bond acceptors (Lipinski definition) is 5. The van der Waals surface area contributed by atoms with Crippen LogP contribution in [-0.2, 0) is 25.5 Å². The minimum Gasteiger partial charge on any atom is -0.466 e. The van der Waals surface area contributed by atoms with Crippen LogP contribution in [0, 0.1) is 5.82 Å². The van der Waals surface area contributed by atoms with Crippen LogP contribution in [0.25, 0.3) is 0 Å². The van der Waals surface area contributed by atoms with E-state index >= 15 is 0 Å². The third-order valence-corrected chi connectivity index (χ3v) is 3.77. The van der Waals surface area contributed by atoms with Crippen molar-refractivity contribution < 1.29 is 28.2 Å². The molecule has 116 valence electrons. The first-order valence-corrected chi connectivity index (χ1v) is 6.57. The number of carbonyl (C=O) groups is 3. The van der Waals surface area contributed by atoms with Crippen LogP contribution in [0.1, 0.15) is 5.56 Å². The van der Waals surface area contributed by atoms with Gasteiger partial charge in [0.25, 0.3) is 0 Å². The summed E-state index contributed by atoms with van der Waals surface area (Å²) in [5.41, 5.74) is 0.957. The number of ether oxygens (including phenoxy) is 2. The Kier molecular flexibility index (Phi) is 3.23. The van der Waals surface area contributed by atoms with Crippen molar-refractivity contribution in [3.05, 3.63) is 23.5 Å². The fourth-order valence-electron chi connectivity index (χ4n) is 2.64. The van der Waals surface area contributed by atoms with Crippen molar-refractivity contribution >= 4 is 29.3 Å². The van der Waals surface area contributed by atoms with E-state index in [0.29, 0.717) is 5.56 Å². The summed E-state index contributed by atoms with van der Waals surface area (Å²) in [6, 6.07) is 2.70. The van der Waals surface area contributed by atoms with Gasteiger partial charge in [0.2, 0.25) is 12.0 Å². The first kappa shape index (κ1) is 14.3. The number of carbonyl (C=O) groups excluding carboxylic acids is 3. The van der Waals surface area contributed by atoms with Gasteiger partial charge in [0.05, 0.1) is 31.5 Å². The lowest BCUT2D eigenvalue weighted by Gasteiger charge is -2.16. The lowest BCUT2D eigenvalue weighted by Crippen LogP contribution is -2.28. The van der Waals surface area contributed by atoms with Gasteiger partial charge in [-0.15, -0.1) is 0 Å². The van der Waals surface area contributed by atoms with E-state index in [4.69, 9.17) is 4.74 Å². The summed E-state index contributed by atoms with van der Waals surface area (Å²) in [5.74, 6) is -1.50. The van der Waals surface area contributed by atoms with E-state index in [1.54, 1.807) is 6.07 Å². The molecule has 7 nitrogen and oxygen atoms in total. The largest absolute Gasteiger partial charge is 0.466 e. The zero-order valence-corrected chi connectivity index (χ0v) is 12.0. The molecular formula is C14H13FN2O5. The molecule has 8 heteroatoms. The molecule has 0 radical (unpaired) electrons. The van der Waals surface area contributed by atoms with E-state index in [9.17, 15) is 18.8 Å². The highest BCUT2D eigenvalue weighted by atomic mass is 19.1. The second kappa shape index (κ2) is 4.97. The predicted molar refractivity (Wildman–Crippen MR) is 73.1 cm³/mol. The summed E-state index contributed by atoms with van der Waals surface area (Å²) in [5, 5.41) is 0. The molecule has 0 N–H and O–H groups in total. The Bertz CT molecular complexity index is 690. The first-order valence-electron chi connectivity index (χ1n) is 6.57. The van der Waals surface area contributed by atoms with E-state index < -0.39 is 24.0 Å². The lowest BCUT2D eigenvalue weighted by atomic mass is 10.1. The van der Waals surface area contributed by atoms with Crippen molar-refractivity contribution in [2.24, 2.45) is 0 Å². The second-order valence-electron chi connectivity index (χ2n) is 5.07. The smallest absolute Gasteiger partial charge is 0.415 e. The monoisotopic (exact) mass is 308 g/mol. The zero-order chi connectivity index (χ0) is 16.0. The molecule has 1 unspecified atom stereocenters. The van der Waals surface area contributed by atoms with Gasteiger partial charge in [0.1, 0.15) is 5.82 Å². The summed E-state index contributed by atoms with van der Waals surface area (Å²) in [4.78, 5) is 37.3. The van der Waals surface area contributed by atoms with Crippen molar-refractivity contribution in [1.29, 1.82) is 0 Å². The molecule has 1 saturated heterocycles. The average Bonchev–Trinajstić information content (AvgIpc) is 2.99. The Balaban J connectivity index is 1.93. The maximum absolute atomic E-state index is 14.2. The standard InChI is InChI=1S/C14H13FN2O5/c1-16-11(18)4-7-3-8(5-9(15)12(7)16)17-6-10(13(19)21-2)22-14(17)20/h3,5,10H,4,6H2,1-2H3. The maximum Gasteiger partial charge on any atom is 0.415 e. The topological polar surface area (TPSA) is 76.2 Å². The van der Waals surface area contributed by atoms with Crippen LogP contribution >= 0.6 is 0 Å². The predicted octanol–water partition coefficient (Wildman–Crippen LogP) is 0.843. The van der Waals surface area contributed by atoms with Crippen molar-refractivity contribution in [2.75, 3.05) is 30.5 Å². The van der Waals surface area contributed by atoms with Crippen LogP contribution in [0.5, 0.6) is 0 Å². The molecule has 1 atom stereocenters. The van der Waals surface area contributed by atoms with Gasteiger partial charge >= 0.3 is 12.1 Å². The molecule has 0 aliphatic carbocycles. The number of esters is 1. The fourth-order valence-corrected chi connectivity index (χ4v) is 2.64. The number of methoxy groups -OCH3 is 1. The SMILES string of the molecule is COC(=O)C1CN(c2cc(F)c3c(c2)CC(=O)N3C)C(=O)O1. The number of benzene rings is 1. The van der Waals surface area contributed by atoms with E-state index in [2.05, 4.69) is 4.74 Å². The molecule has 3 rings (SSSR count). The van der Waals surface area contributed by atoms with Crippen LogP contribution in [0.3, 0.4) is 0 Å². The first-order chi connectivity index (χ1) is 10.4. The summed E-state index contributed by atoms with van der Waals surface area (Å²) in [6.07, 6.45) is -1.73. The van der Waals surface area contributed by atoms with Crippen molar-refractivity contribution in [1.82, 2.24) is 0 Å². The Morgan fingerprint density at radius 2 is 2.14 bits per heavy atom. The van der Waals surface area contributed by atoms with Gasteiger partial charge in [-0.1, -0.05) is 0 Å². The van der Waals surface area contributed by atoms with Gasteiger partial charge < -0.3 is 14.4 Å². The number of fused-ring (bicyclic) bond motifs is 1. The molecule has 0 spiro atoms. The molecule has 2 aliphatic heterocycles.